The average molecular weight is 548 g/mol. The Hall–Kier alpha value is -4.57. The number of ether oxygens (including phenoxy) is 1. The van der Waals surface area contributed by atoms with Crippen molar-refractivity contribution >= 4 is 35.0 Å². The van der Waals surface area contributed by atoms with Crippen molar-refractivity contribution in [3.63, 3.8) is 0 Å². The van der Waals surface area contributed by atoms with E-state index >= 15 is 0 Å². The number of halogens is 1. The molecule has 7 heteroatoms. The van der Waals surface area contributed by atoms with Gasteiger partial charge in [-0.2, -0.15) is 5.26 Å². The van der Waals surface area contributed by atoms with Gasteiger partial charge in [-0.3, -0.25) is 4.79 Å². The van der Waals surface area contributed by atoms with E-state index in [1.807, 2.05) is 84.9 Å². The van der Waals surface area contributed by atoms with Crippen LogP contribution in [0.1, 0.15) is 5.56 Å². The highest BCUT2D eigenvalue weighted by Crippen LogP contribution is 2.37. The Morgan fingerprint density at radius 1 is 0.846 bits per heavy atom. The molecule has 39 heavy (non-hydrogen) atoms. The van der Waals surface area contributed by atoms with Crippen molar-refractivity contribution in [3.8, 4) is 40.0 Å². The number of carbonyl (C=O) groups is 1. The summed E-state index contributed by atoms with van der Waals surface area (Å²) in [6, 6.07) is 37.9. The van der Waals surface area contributed by atoms with Crippen molar-refractivity contribution in [2.45, 2.75) is 5.03 Å². The molecule has 5 rings (SSSR count). The van der Waals surface area contributed by atoms with E-state index in [0.29, 0.717) is 38.3 Å². The second kappa shape index (κ2) is 12.3. The normalized spacial score (nSPS) is 10.5. The zero-order valence-corrected chi connectivity index (χ0v) is 22.2. The first-order valence-electron chi connectivity index (χ1n) is 12.1. The Morgan fingerprint density at radius 3 is 2.18 bits per heavy atom. The molecule has 0 radical (unpaired) electrons. The maximum Gasteiger partial charge on any atom is 0.234 e. The van der Waals surface area contributed by atoms with Gasteiger partial charge in [0.05, 0.1) is 17.0 Å². The van der Waals surface area contributed by atoms with Crippen LogP contribution in [0, 0.1) is 11.3 Å². The Bertz CT molecular complexity index is 1640. The van der Waals surface area contributed by atoms with E-state index in [2.05, 4.69) is 11.4 Å². The highest BCUT2D eigenvalue weighted by molar-refractivity contribution is 8.00. The minimum Gasteiger partial charge on any atom is -0.457 e. The van der Waals surface area contributed by atoms with E-state index < -0.39 is 0 Å². The van der Waals surface area contributed by atoms with Crippen LogP contribution in [0.25, 0.3) is 22.4 Å². The fourth-order valence-corrected chi connectivity index (χ4v) is 4.99. The van der Waals surface area contributed by atoms with Gasteiger partial charge < -0.3 is 10.1 Å². The second-order valence-electron chi connectivity index (χ2n) is 8.47. The Labute approximate surface area is 236 Å². The number of nitrogens with zero attached hydrogens (tertiary/aromatic N) is 2. The van der Waals surface area contributed by atoms with E-state index in [1.165, 1.54) is 11.8 Å². The summed E-state index contributed by atoms with van der Waals surface area (Å²) < 4.78 is 5.81. The van der Waals surface area contributed by atoms with Gasteiger partial charge in [0.1, 0.15) is 22.6 Å². The largest absolute Gasteiger partial charge is 0.457 e. The lowest BCUT2D eigenvalue weighted by atomic mass is 9.99. The number of pyridine rings is 1. The number of para-hydroxylation sites is 1. The van der Waals surface area contributed by atoms with E-state index in [9.17, 15) is 10.1 Å². The summed E-state index contributed by atoms with van der Waals surface area (Å²) in [7, 11) is 0. The van der Waals surface area contributed by atoms with Gasteiger partial charge in [0, 0.05) is 27.4 Å². The molecule has 4 aromatic carbocycles. The third-order valence-electron chi connectivity index (χ3n) is 5.79. The van der Waals surface area contributed by atoms with Crippen LogP contribution in [0.3, 0.4) is 0 Å². The van der Waals surface area contributed by atoms with Gasteiger partial charge in [-0.1, -0.05) is 90.1 Å². The molecule has 190 valence electrons. The molecule has 0 fully saturated rings. The van der Waals surface area contributed by atoms with E-state index in [1.54, 1.807) is 30.3 Å². The first kappa shape index (κ1) is 26.1. The Kier molecular flexibility index (Phi) is 8.23. The van der Waals surface area contributed by atoms with Crippen LogP contribution in [-0.4, -0.2) is 16.6 Å². The molecular weight excluding hydrogens is 526 g/mol. The smallest absolute Gasteiger partial charge is 0.234 e. The van der Waals surface area contributed by atoms with Crippen LogP contribution >= 0.6 is 23.4 Å². The zero-order chi connectivity index (χ0) is 27.0. The van der Waals surface area contributed by atoms with Crippen LogP contribution in [0.2, 0.25) is 5.02 Å². The topological polar surface area (TPSA) is 75.0 Å². The third-order valence-corrected chi connectivity index (χ3v) is 7.09. The van der Waals surface area contributed by atoms with Crippen molar-refractivity contribution in [3.05, 3.63) is 126 Å². The molecule has 0 spiro atoms. The summed E-state index contributed by atoms with van der Waals surface area (Å²) >= 11 is 7.72. The molecule has 0 aliphatic rings. The van der Waals surface area contributed by atoms with Gasteiger partial charge in [-0.25, -0.2) is 4.98 Å². The van der Waals surface area contributed by atoms with Crippen molar-refractivity contribution in [2.75, 3.05) is 11.1 Å². The number of thioether (sulfide) groups is 1. The summed E-state index contributed by atoms with van der Waals surface area (Å²) in [5.41, 5.74) is 4.03. The second-order valence-corrected chi connectivity index (χ2v) is 9.84. The first-order chi connectivity index (χ1) is 19.1. The molecule has 0 saturated heterocycles. The van der Waals surface area contributed by atoms with Crippen LogP contribution in [0.4, 0.5) is 5.69 Å². The first-order valence-corrected chi connectivity index (χ1v) is 13.5. The number of nitrogens with one attached hydrogen (secondary N) is 1. The minimum absolute atomic E-state index is 0.0736. The Morgan fingerprint density at radius 2 is 1.49 bits per heavy atom. The van der Waals surface area contributed by atoms with Crippen LogP contribution < -0.4 is 10.1 Å². The van der Waals surface area contributed by atoms with Crippen molar-refractivity contribution in [1.29, 1.82) is 5.26 Å². The minimum atomic E-state index is -0.216. The molecule has 0 atom stereocenters. The van der Waals surface area contributed by atoms with Gasteiger partial charge in [0.25, 0.3) is 0 Å². The van der Waals surface area contributed by atoms with Crippen LogP contribution in [0.15, 0.2) is 120 Å². The predicted molar refractivity (Wildman–Crippen MR) is 157 cm³/mol. The fraction of sp³-hybridized carbons (Fsp3) is 0.0312. The van der Waals surface area contributed by atoms with Crippen LogP contribution in [0.5, 0.6) is 11.5 Å². The van der Waals surface area contributed by atoms with Gasteiger partial charge in [0.15, 0.2) is 0 Å². The fourth-order valence-electron chi connectivity index (χ4n) is 3.94. The molecule has 5 nitrogen and oxygen atoms in total. The molecule has 0 bridgehead atoms. The van der Waals surface area contributed by atoms with Crippen molar-refractivity contribution in [2.24, 2.45) is 0 Å². The summed E-state index contributed by atoms with van der Waals surface area (Å²) in [5.74, 6) is 1.26. The number of hydrogen-bond donors (Lipinski definition) is 1. The van der Waals surface area contributed by atoms with Crippen molar-refractivity contribution in [1.82, 2.24) is 4.98 Å². The maximum atomic E-state index is 12.8. The number of anilines is 1. The van der Waals surface area contributed by atoms with Gasteiger partial charge in [0.2, 0.25) is 5.91 Å². The van der Waals surface area contributed by atoms with E-state index in [-0.39, 0.29) is 11.7 Å². The maximum absolute atomic E-state index is 12.8. The zero-order valence-electron chi connectivity index (χ0n) is 20.7. The summed E-state index contributed by atoms with van der Waals surface area (Å²) in [6.07, 6.45) is 0. The van der Waals surface area contributed by atoms with Gasteiger partial charge in [-0.05, 0) is 48.5 Å². The van der Waals surface area contributed by atoms with Gasteiger partial charge in [-0.15, -0.1) is 0 Å². The molecule has 1 N–H and O–H groups in total. The quantitative estimate of drug-likeness (QED) is 0.197. The molecule has 1 aromatic heterocycles. The number of hydrogen-bond acceptors (Lipinski definition) is 5. The molecule has 5 aromatic rings. The highest BCUT2D eigenvalue weighted by Gasteiger charge is 2.18. The highest BCUT2D eigenvalue weighted by atomic mass is 35.5. The lowest BCUT2D eigenvalue weighted by Crippen LogP contribution is -2.14. The average Bonchev–Trinajstić information content (AvgIpc) is 2.98. The molecule has 1 amide bonds. The summed E-state index contributed by atoms with van der Waals surface area (Å²) in [5, 5.41) is 14.0. The molecule has 0 unspecified atom stereocenters. The number of nitriles is 1. The number of amides is 1. The van der Waals surface area contributed by atoms with E-state index in [4.69, 9.17) is 21.3 Å². The molecule has 1 heterocycles. The van der Waals surface area contributed by atoms with Gasteiger partial charge >= 0.3 is 0 Å². The molecule has 0 saturated carbocycles. The number of carbonyl (C=O) groups excluding carboxylic acids is 1. The number of aromatic nitrogens is 1. The lowest BCUT2D eigenvalue weighted by molar-refractivity contribution is -0.113. The molecule has 0 aliphatic carbocycles. The third kappa shape index (κ3) is 6.47. The molecular formula is C32H22ClN3O2S. The summed E-state index contributed by atoms with van der Waals surface area (Å²) in [4.78, 5) is 17.6. The predicted octanol–water partition coefficient (Wildman–Crippen LogP) is 8.46. The number of benzene rings is 4. The SMILES string of the molecule is N#Cc1c(-c2ccccc2Cl)cc(-c2ccccc2)nc1SCC(=O)Nc1ccc(Oc2ccccc2)cc1. The van der Waals surface area contributed by atoms with Crippen LogP contribution in [-0.2, 0) is 4.79 Å². The van der Waals surface area contributed by atoms with E-state index in [0.717, 1.165) is 16.9 Å². The Balaban J connectivity index is 1.35. The monoisotopic (exact) mass is 547 g/mol. The lowest BCUT2D eigenvalue weighted by Gasteiger charge is -2.13. The molecule has 0 aliphatic heterocycles. The number of rotatable bonds is 8. The standard InChI is InChI=1S/C32H22ClN3O2S/c33-29-14-8-7-13-26(29)27-19-30(22-9-3-1-4-10-22)36-32(28(27)20-34)39-21-31(37)35-23-15-17-25(18-16-23)38-24-11-5-2-6-12-24/h1-19H,21H2,(H,35,37). The van der Waals surface area contributed by atoms with Crippen molar-refractivity contribution < 1.29 is 9.53 Å². The summed E-state index contributed by atoms with van der Waals surface area (Å²) in [6.45, 7) is 0.